The highest BCUT2D eigenvalue weighted by Gasteiger charge is 2.15. The fourth-order valence-corrected chi connectivity index (χ4v) is 3.80. The number of carbonyl (C=O) groups is 2. The van der Waals surface area contributed by atoms with Gasteiger partial charge in [0.2, 0.25) is 0 Å². The second-order valence-electron chi connectivity index (χ2n) is 7.87. The third-order valence-corrected chi connectivity index (χ3v) is 5.57. The number of rotatable bonds is 8. The van der Waals surface area contributed by atoms with Crippen LogP contribution in [0, 0.1) is 5.82 Å². The molecular weight excluding hydrogens is 401 g/mol. The number of pyridine rings is 1. The van der Waals surface area contributed by atoms with Crippen LogP contribution in [0.4, 0.5) is 4.39 Å². The zero-order chi connectivity index (χ0) is 22.5. The lowest BCUT2D eigenvalue weighted by molar-refractivity contribution is -0.123. The molecule has 0 unspecified atom stereocenters. The standard InChI is InChI=1S/C28H24FNO2/c1-2-22(31)13-14-23(32)17-19-12-15-27-21(16-19)18-25(20-8-4-3-5-9-20)28(30-27)24-10-6-7-11-26(24)29/h3-12,15-16,18H,2,13-14,17H2,1H3. The number of aromatic nitrogens is 1. The number of hydrogen-bond acceptors (Lipinski definition) is 3. The Balaban J connectivity index is 1.74. The zero-order valence-corrected chi connectivity index (χ0v) is 18.0. The number of hydrogen-bond donors (Lipinski definition) is 0. The van der Waals surface area contributed by atoms with Crippen molar-refractivity contribution in [1.82, 2.24) is 4.98 Å². The molecule has 0 bridgehead atoms. The molecular formula is C28H24FNO2. The smallest absolute Gasteiger partial charge is 0.137 e. The van der Waals surface area contributed by atoms with Crippen LogP contribution in [-0.2, 0) is 16.0 Å². The van der Waals surface area contributed by atoms with Gasteiger partial charge >= 0.3 is 0 Å². The lowest BCUT2D eigenvalue weighted by Gasteiger charge is -2.13. The molecule has 4 rings (SSSR count). The molecule has 0 atom stereocenters. The van der Waals surface area contributed by atoms with Crippen molar-refractivity contribution in [2.75, 3.05) is 0 Å². The molecule has 0 aliphatic heterocycles. The summed E-state index contributed by atoms with van der Waals surface area (Å²) in [7, 11) is 0. The van der Waals surface area contributed by atoms with Gasteiger partial charge in [-0.2, -0.15) is 0 Å². The number of nitrogens with zero attached hydrogens (tertiary/aromatic N) is 1. The summed E-state index contributed by atoms with van der Waals surface area (Å²) in [6.45, 7) is 1.81. The first kappa shape index (κ1) is 21.6. The first-order chi connectivity index (χ1) is 15.5. The van der Waals surface area contributed by atoms with Crippen molar-refractivity contribution in [2.24, 2.45) is 0 Å². The summed E-state index contributed by atoms with van der Waals surface area (Å²) >= 11 is 0. The molecule has 1 heterocycles. The van der Waals surface area contributed by atoms with Crippen LogP contribution in [0.3, 0.4) is 0 Å². The number of ketones is 2. The van der Waals surface area contributed by atoms with Crippen molar-refractivity contribution >= 4 is 22.5 Å². The average molecular weight is 426 g/mol. The summed E-state index contributed by atoms with van der Waals surface area (Å²) in [6, 6.07) is 24.1. The molecule has 3 aromatic carbocycles. The van der Waals surface area contributed by atoms with Crippen LogP contribution < -0.4 is 0 Å². The average Bonchev–Trinajstić information content (AvgIpc) is 2.82. The van der Waals surface area contributed by atoms with E-state index < -0.39 is 0 Å². The van der Waals surface area contributed by atoms with Gasteiger partial charge in [0.05, 0.1) is 11.2 Å². The van der Waals surface area contributed by atoms with Gasteiger partial charge < -0.3 is 0 Å². The quantitative estimate of drug-likeness (QED) is 0.320. The summed E-state index contributed by atoms with van der Waals surface area (Å²) in [5.74, 6) is -0.167. The summed E-state index contributed by atoms with van der Waals surface area (Å²) < 4.78 is 14.6. The van der Waals surface area contributed by atoms with Gasteiger partial charge in [-0.3, -0.25) is 9.59 Å². The summed E-state index contributed by atoms with van der Waals surface area (Å²) in [5.41, 5.74) is 4.43. The Morgan fingerprint density at radius 2 is 1.53 bits per heavy atom. The number of benzene rings is 3. The minimum Gasteiger partial charge on any atom is -0.300 e. The number of Topliss-reactive ketones (excluding diaryl/α,β-unsaturated/α-hetero) is 2. The Morgan fingerprint density at radius 3 is 2.28 bits per heavy atom. The first-order valence-electron chi connectivity index (χ1n) is 10.8. The lowest BCUT2D eigenvalue weighted by Crippen LogP contribution is -2.06. The van der Waals surface area contributed by atoms with Gasteiger partial charge in [0, 0.05) is 42.2 Å². The van der Waals surface area contributed by atoms with Crippen LogP contribution in [-0.4, -0.2) is 16.6 Å². The second-order valence-corrected chi connectivity index (χ2v) is 7.87. The van der Waals surface area contributed by atoms with Gasteiger partial charge in [0.1, 0.15) is 17.4 Å². The SMILES string of the molecule is CCC(=O)CCC(=O)Cc1ccc2nc(-c3ccccc3F)c(-c3ccccc3)cc2c1. The molecule has 0 N–H and O–H groups in total. The minimum atomic E-state index is -0.319. The summed E-state index contributed by atoms with van der Waals surface area (Å²) in [6.07, 6.45) is 1.31. The normalized spacial score (nSPS) is 10.9. The van der Waals surface area contributed by atoms with E-state index in [2.05, 4.69) is 0 Å². The van der Waals surface area contributed by atoms with Gasteiger partial charge in [-0.15, -0.1) is 0 Å². The maximum absolute atomic E-state index is 14.6. The zero-order valence-electron chi connectivity index (χ0n) is 18.0. The Morgan fingerprint density at radius 1 is 0.812 bits per heavy atom. The van der Waals surface area contributed by atoms with Gasteiger partial charge in [-0.05, 0) is 41.5 Å². The van der Waals surface area contributed by atoms with E-state index in [0.717, 1.165) is 27.6 Å². The largest absolute Gasteiger partial charge is 0.300 e. The molecule has 0 spiro atoms. The van der Waals surface area contributed by atoms with E-state index in [1.807, 2.05) is 61.5 Å². The highest BCUT2D eigenvalue weighted by molar-refractivity contribution is 5.93. The second kappa shape index (κ2) is 9.65. The first-order valence-corrected chi connectivity index (χ1v) is 10.8. The van der Waals surface area contributed by atoms with Gasteiger partial charge in [-0.1, -0.05) is 55.5 Å². The molecule has 0 aliphatic rings. The summed E-state index contributed by atoms with van der Waals surface area (Å²) in [4.78, 5) is 28.6. The Hall–Kier alpha value is -3.66. The highest BCUT2D eigenvalue weighted by atomic mass is 19.1. The molecule has 0 amide bonds. The van der Waals surface area contributed by atoms with Gasteiger partial charge in [0.25, 0.3) is 0 Å². The van der Waals surface area contributed by atoms with Gasteiger partial charge in [0.15, 0.2) is 0 Å². The molecule has 0 radical (unpaired) electrons. The van der Waals surface area contributed by atoms with E-state index in [0.29, 0.717) is 24.1 Å². The highest BCUT2D eigenvalue weighted by Crippen LogP contribution is 2.34. The molecule has 32 heavy (non-hydrogen) atoms. The van der Waals surface area contributed by atoms with Crippen molar-refractivity contribution in [1.29, 1.82) is 0 Å². The van der Waals surface area contributed by atoms with Crippen molar-refractivity contribution < 1.29 is 14.0 Å². The monoisotopic (exact) mass is 425 g/mol. The summed E-state index contributed by atoms with van der Waals surface area (Å²) in [5, 5.41) is 0.888. The van der Waals surface area contributed by atoms with Crippen LogP contribution in [0.5, 0.6) is 0 Å². The number of fused-ring (bicyclic) bond motifs is 1. The van der Waals surface area contributed by atoms with Crippen molar-refractivity contribution in [3.05, 3.63) is 90.2 Å². The van der Waals surface area contributed by atoms with E-state index in [9.17, 15) is 14.0 Å². The predicted molar refractivity (Wildman–Crippen MR) is 126 cm³/mol. The van der Waals surface area contributed by atoms with E-state index in [4.69, 9.17) is 4.98 Å². The molecule has 0 fully saturated rings. The fraction of sp³-hybridized carbons (Fsp3) is 0.179. The van der Waals surface area contributed by atoms with Crippen LogP contribution in [0.2, 0.25) is 0 Å². The molecule has 1 aromatic heterocycles. The van der Waals surface area contributed by atoms with Crippen molar-refractivity contribution in [3.8, 4) is 22.4 Å². The fourth-order valence-electron chi connectivity index (χ4n) is 3.80. The maximum atomic E-state index is 14.6. The van der Waals surface area contributed by atoms with Crippen LogP contribution in [0.1, 0.15) is 31.7 Å². The third kappa shape index (κ3) is 4.80. The molecule has 4 heteroatoms. The lowest BCUT2D eigenvalue weighted by atomic mass is 9.96. The molecule has 0 saturated carbocycles. The van der Waals surface area contributed by atoms with E-state index in [1.54, 1.807) is 18.2 Å². The van der Waals surface area contributed by atoms with Crippen LogP contribution in [0.25, 0.3) is 33.3 Å². The number of halogens is 1. The minimum absolute atomic E-state index is 0.0466. The maximum Gasteiger partial charge on any atom is 0.137 e. The Kier molecular flexibility index (Phi) is 6.50. The van der Waals surface area contributed by atoms with E-state index >= 15 is 0 Å². The molecule has 0 saturated heterocycles. The van der Waals surface area contributed by atoms with Crippen LogP contribution in [0.15, 0.2) is 78.9 Å². The third-order valence-electron chi connectivity index (χ3n) is 5.57. The van der Waals surface area contributed by atoms with Gasteiger partial charge in [-0.25, -0.2) is 9.37 Å². The van der Waals surface area contributed by atoms with E-state index in [-0.39, 0.29) is 30.2 Å². The van der Waals surface area contributed by atoms with Crippen molar-refractivity contribution in [3.63, 3.8) is 0 Å². The number of carbonyl (C=O) groups excluding carboxylic acids is 2. The predicted octanol–water partition coefficient (Wildman–Crippen LogP) is 6.58. The molecule has 3 nitrogen and oxygen atoms in total. The molecule has 4 aromatic rings. The Labute approximate surface area is 186 Å². The molecule has 0 aliphatic carbocycles. The van der Waals surface area contributed by atoms with Crippen LogP contribution >= 0.6 is 0 Å². The Bertz CT molecular complexity index is 1280. The van der Waals surface area contributed by atoms with Crippen molar-refractivity contribution in [2.45, 2.75) is 32.6 Å². The topological polar surface area (TPSA) is 47.0 Å². The molecule has 160 valence electrons. The van der Waals surface area contributed by atoms with E-state index in [1.165, 1.54) is 6.07 Å².